The second kappa shape index (κ2) is 12.1. The molecule has 6 aliphatic rings. The van der Waals surface area contributed by atoms with Crippen molar-refractivity contribution in [1.29, 1.82) is 0 Å². The van der Waals surface area contributed by atoms with E-state index in [1.165, 1.54) is 29.9 Å². The molecule has 8 rings (SSSR count). The summed E-state index contributed by atoms with van der Waals surface area (Å²) in [7, 11) is 2.23. The first-order valence-corrected chi connectivity index (χ1v) is 20.4. The van der Waals surface area contributed by atoms with Crippen molar-refractivity contribution >= 4 is 11.8 Å². The van der Waals surface area contributed by atoms with Gasteiger partial charge < -0.3 is 14.5 Å². The van der Waals surface area contributed by atoms with E-state index < -0.39 is 5.41 Å². The van der Waals surface area contributed by atoms with Crippen molar-refractivity contribution < 1.29 is 9.53 Å². The Hall–Kier alpha value is -2.73. The summed E-state index contributed by atoms with van der Waals surface area (Å²) in [6, 6.07) is 10.2. The van der Waals surface area contributed by atoms with E-state index in [0.29, 0.717) is 30.3 Å². The highest BCUT2D eigenvalue weighted by Crippen LogP contribution is 2.75. The van der Waals surface area contributed by atoms with Gasteiger partial charge in [0.15, 0.2) is 0 Å². The first-order valence-electron chi connectivity index (χ1n) is 20.4. The molecule has 0 bridgehead atoms. The summed E-state index contributed by atoms with van der Waals surface area (Å²) in [6.45, 7) is 24.5. The van der Waals surface area contributed by atoms with Crippen LogP contribution in [0.1, 0.15) is 116 Å². The molecule has 3 saturated carbocycles. The van der Waals surface area contributed by atoms with Crippen molar-refractivity contribution in [2.24, 2.45) is 51.2 Å². The lowest BCUT2D eigenvalue weighted by Crippen LogP contribution is -2.65. The molecule has 0 amide bonds. The van der Waals surface area contributed by atoms with Crippen LogP contribution in [0, 0.1) is 58.2 Å². The van der Waals surface area contributed by atoms with Crippen LogP contribution in [0.15, 0.2) is 42.0 Å². The van der Waals surface area contributed by atoms with E-state index in [1.807, 2.05) is 18.2 Å². The van der Waals surface area contributed by atoms with Crippen LogP contribution in [0.3, 0.4) is 0 Å². The molecular weight excluding hydrogens is 629 g/mol. The second-order valence-corrected chi connectivity index (χ2v) is 19.5. The van der Waals surface area contributed by atoms with Crippen LogP contribution in [0.4, 0.5) is 5.82 Å². The molecule has 1 aromatic heterocycles. The minimum atomic E-state index is -0.422. The Morgan fingerprint density at radius 3 is 2.35 bits per heavy atom. The largest absolute Gasteiger partial charge is 0.460 e. The first kappa shape index (κ1) is 35.3. The van der Waals surface area contributed by atoms with Gasteiger partial charge in [0.1, 0.15) is 18.2 Å². The maximum absolute atomic E-state index is 14.5. The lowest BCUT2D eigenvalue weighted by molar-refractivity contribution is -0.184. The molecule has 1 aliphatic heterocycles. The monoisotopic (exact) mass is 693 g/mol. The zero-order chi connectivity index (χ0) is 36.1. The van der Waals surface area contributed by atoms with Crippen molar-refractivity contribution in [2.45, 2.75) is 119 Å². The summed E-state index contributed by atoms with van der Waals surface area (Å²) in [4.78, 5) is 30.0. The van der Waals surface area contributed by atoms with E-state index in [2.05, 4.69) is 90.4 Å². The van der Waals surface area contributed by atoms with Crippen LogP contribution in [0.5, 0.6) is 0 Å². The van der Waals surface area contributed by atoms with Crippen molar-refractivity contribution in [1.82, 2.24) is 14.9 Å². The molecule has 2 heterocycles. The molecule has 0 N–H and O–H groups in total. The second-order valence-electron chi connectivity index (χ2n) is 19.5. The highest BCUT2D eigenvalue weighted by molar-refractivity contribution is 5.79. The summed E-state index contributed by atoms with van der Waals surface area (Å²) < 4.78 is 6.29. The number of nitrogens with zero attached hydrogens (tertiary/aromatic N) is 4. The number of aromatic nitrogens is 2. The maximum Gasteiger partial charge on any atom is 0.313 e. The summed E-state index contributed by atoms with van der Waals surface area (Å²) in [5.74, 6) is 4.60. The van der Waals surface area contributed by atoms with Crippen molar-refractivity contribution in [2.75, 3.05) is 38.1 Å². The summed E-state index contributed by atoms with van der Waals surface area (Å²) in [5, 5.41) is 0. The van der Waals surface area contributed by atoms with E-state index >= 15 is 0 Å². The number of ether oxygens (including phenoxy) is 1. The number of hydrogen-bond acceptors (Lipinski definition) is 6. The van der Waals surface area contributed by atoms with Gasteiger partial charge in [-0.25, -0.2) is 9.97 Å². The molecule has 5 aliphatic carbocycles. The zero-order valence-corrected chi connectivity index (χ0v) is 33.1. The lowest BCUT2D eigenvalue weighted by atomic mass is 9.33. The van der Waals surface area contributed by atoms with Crippen LogP contribution in [0.25, 0.3) is 0 Å². The van der Waals surface area contributed by atoms with E-state index in [4.69, 9.17) is 14.7 Å². The fourth-order valence-corrected chi connectivity index (χ4v) is 13.6. The fraction of sp³-hybridized carbons (Fsp3) is 0.711. The number of benzene rings is 1. The predicted molar refractivity (Wildman–Crippen MR) is 205 cm³/mol. The van der Waals surface area contributed by atoms with Gasteiger partial charge >= 0.3 is 5.97 Å². The Bertz CT molecular complexity index is 1710. The van der Waals surface area contributed by atoms with Crippen LogP contribution in [-0.2, 0) is 28.0 Å². The summed E-state index contributed by atoms with van der Waals surface area (Å²) in [5.41, 5.74) is 5.30. The van der Waals surface area contributed by atoms with Gasteiger partial charge in [-0.2, -0.15) is 0 Å². The van der Waals surface area contributed by atoms with Gasteiger partial charge in [0, 0.05) is 37.2 Å². The number of piperazine rings is 1. The fourth-order valence-electron chi connectivity index (χ4n) is 13.6. The molecule has 51 heavy (non-hydrogen) atoms. The van der Waals surface area contributed by atoms with Crippen LogP contribution >= 0.6 is 0 Å². The third kappa shape index (κ3) is 5.07. The molecule has 9 atom stereocenters. The molecule has 2 aromatic rings. The molecule has 4 fully saturated rings. The van der Waals surface area contributed by atoms with E-state index in [-0.39, 0.29) is 33.5 Å². The van der Waals surface area contributed by atoms with E-state index in [0.717, 1.165) is 76.1 Å². The molecular formula is C45H64N4O2. The highest BCUT2D eigenvalue weighted by Gasteiger charge is 2.70. The third-order valence-corrected chi connectivity index (χ3v) is 16.8. The van der Waals surface area contributed by atoms with Crippen molar-refractivity contribution in [3.8, 4) is 0 Å². The van der Waals surface area contributed by atoms with Crippen LogP contribution in [0.2, 0.25) is 0 Å². The molecule has 0 unspecified atom stereocenters. The zero-order valence-electron chi connectivity index (χ0n) is 33.1. The molecule has 1 aromatic carbocycles. The SMILES string of the molecule is Cc1nc(N2CCN(C)CC2)c2c(n1)C(C)(C)[C@@H]1CC[C@]3(C)[C@H](CC=C4[C@@H]5[C@@H](C)[C@H](C)CC[C@]5(C(=O)OCc5ccccc5)CC[C@]43C)[C@@]1(C)C2. The Labute approximate surface area is 308 Å². The normalized spacial score (nSPS) is 40.1. The number of fused-ring (bicyclic) bond motifs is 8. The number of anilines is 1. The smallest absolute Gasteiger partial charge is 0.313 e. The van der Waals surface area contributed by atoms with Gasteiger partial charge in [-0.3, -0.25) is 4.79 Å². The van der Waals surface area contributed by atoms with Crippen LogP contribution in [-0.4, -0.2) is 54.1 Å². The minimum Gasteiger partial charge on any atom is -0.460 e. The Morgan fingerprint density at radius 1 is 0.902 bits per heavy atom. The maximum atomic E-state index is 14.5. The summed E-state index contributed by atoms with van der Waals surface area (Å²) in [6.07, 6.45) is 11.4. The van der Waals surface area contributed by atoms with Gasteiger partial charge in [-0.1, -0.05) is 90.4 Å². The molecule has 6 nitrogen and oxygen atoms in total. The number of hydrogen-bond donors (Lipinski definition) is 0. The summed E-state index contributed by atoms with van der Waals surface area (Å²) >= 11 is 0. The number of allylic oxidation sites excluding steroid dienone is 2. The van der Waals surface area contributed by atoms with Crippen molar-refractivity contribution in [3.05, 3.63) is 64.6 Å². The molecule has 276 valence electrons. The van der Waals surface area contributed by atoms with Crippen molar-refractivity contribution in [3.63, 3.8) is 0 Å². The lowest BCUT2D eigenvalue weighted by Gasteiger charge is -2.71. The first-order chi connectivity index (χ1) is 24.2. The molecule has 1 saturated heterocycles. The van der Waals surface area contributed by atoms with E-state index in [9.17, 15) is 4.79 Å². The van der Waals surface area contributed by atoms with Gasteiger partial charge in [0.2, 0.25) is 0 Å². The average Bonchev–Trinajstić information content (AvgIpc) is 3.10. The van der Waals surface area contributed by atoms with Gasteiger partial charge in [-0.05, 0) is 117 Å². The quantitative estimate of drug-likeness (QED) is 0.236. The number of likely N-dealkylation sites (N-methyl/N-ethyl adjacent to an activating group) is 1. The number of rotatable bonds is 4. The Morgan fingerprint density at radius 2 is 1.63 bits per heavy atom. The minimum absolute atomic E-state index is 0.0267. The number of carbonyl (C=O) groups excluding carboxylic acids is 1. The van der Waals surface area contributed by atoms with Crippen LogP contribution < -0.4 is 4.90 Å². The van der Waals surface area contributed by atoms with Gasteiger partial charge in [0.25, 0.3) is 0 Å². The topological polar surface area (TPSA) is 58.6 Å². The van der Waals surface area contributed by atoms with E-state index in [1.54, 1.807) is 5.57 Å². The third-order valence-electron chi connectivity index (χ3n) is 16.8. The Kier molecular flexibility index (Phi) is 8.41. The van der Waals surface area contributed by atoms with Gasteiger partial charge in [-0.15, -0.1) is 0 Å². The standard InChI is InChI=1S/C45H64N4O2/c1-29-17-20-45(40(50)51-28-32-13-11-10-12-14-32)22-21-43(7)34(37(45)30(29)2)15-16-36-42(6)27-33-38(41(4,5)35(42)18-19-44(36,43)8)46-31(3)47-39(33)49-25-23-48(9)24-26-49/h10-15,29-30,35-37H,16-28H2,1-9H3/t29-,30+,35+,36-,37+,42+,43-,44-,45+/m1/s1. The predicted octanol–water partition coefficient (Wildman–Crippen LogP) is 8.95. The molecule has 0 radical (unpaired) electrons. The number of carbonyl (C=O) groups is 1. The highest BCUT2D eigenvalue weighted by atomic mass is 16.5. The Balaban J connectivity index is 1.18. The van der Waals surface area contributed by atoms with Gasteiger partial charge in [0.05, 0.1) is 11.1 Å². The molecule has 6 heteroatoms. The number of aryl methyl sites for hydroxylation is 1. The number of esters is 1. The molecule has 0 spiro atoms. The average molecular weight is 693 g/mol.